The third kappa shape index (κ3) is 2.69. The number of anilines is 2. The molecular formula is C15H12ClFN2. The molecule has 0 atom stereocenters. The Kier molecular flexibility index (Phi) is 4.03. The van der Waals surface area contributed by atoms with E-state index in [4.69, 9.17) is 16.9 Å². The van der Waals surface area contributed by atoms with E-state index in [0.29, 0.717) is 11.3 Å². The second kappa shape index (κ2) is 5.73. The van der Waals surface area contributed by atoms with E-state index in [1.54, 1.807) is 48.3 Å². The van der Waals surface area contributed by atoms with Gasteiger partial charge >= 0.3 is 0 Å². The molecule has 0 aliphatic carbocycles. The fraction of sp³-hybridized carbons (Fsp3) is 0.133. The fourth-order valence-electron chi connectivity index (χ4n) is 1.93. The molecule has 0 saturated carbocycles. The van der Waals surface area contributed by atoms with Crippen molar-refractivity contribution in [2.75, 3.05) is 11.9 Å². The molecule has 4 heteroatoms. The van der Waals surface area contributed by atoms with E-state index in [9.17, 15) is 4.39 Å². The zero-order valence-electron chi connectivity index (χ0n) is 10.4. The van der Waals surface area contributed by atoms with Crippen LogP contribution in [-0.2, 0) is 5.88 Å². The molecule has 0 fully saturated rings. The second-order valence-electron chi connectivity index (χ2n) is 4.10. The number of benzene rings is 2. The molecule has 0 unspecified atom stereocenters. The van der Waals surface area contributed by atoms with Crippen molar-refractivity contribution in [3.63, 3.8) is 0 Å². The highest BCUT2D eigenvalue weighted by molar-refractivity contribution is 6.17. The molecule has 0 spiro atoms. The molecule has 0 aromatic heterocycles. The molecule has 2 nitrogen and oxygen atoms in total. The lowest BCUT2D eigenvalue weighted by Gasteiger charge is -2.22. The van der Waals surface area contributed by atoms with Crippen LogP contribution in [0.1, 0.15) is 11.1 Å². The summed E-state index contributed by atoms with van der Waals surface area (Å²) in [5, 5.41) is 8.77. The Morgan fingerprint density at radius 3 is 2.47 bits per heavy atom. The molecule has 0 N–H and O–H groups in total. The Bertz CT molecular complexity index is 617. The van der Waals surface area contributed by atoms with Crippen molar-refractivity contribution in [1.29, 1.82) is 5.26 Å². The van der Waals surface area contributed by atoms with E-state index >= 15 is 0 Å². The van der Waals surface area contributed by atoms with Crippen molar-refractivity contribution in [2.45, 2.75) is 5.88 Å². The van der Waals surface area contributed by atoms with E-state index in [0.717, 1.165) is 11.3 Å². The zero-order valence-corrected chi connectivity index (χ0v) is 11.2. The summed E-state index contributed by atoms with van der Waals surface area (Å²) in [6.45, 7) is 0. The minimum absolute atomic E-state index is 0.244. The standard InChI is InChI=1S/C15H12ClFN2/c1-19(13-7-5-11(10-18)6-8-13)15-12(9-16)3-2-4-14(15)17/h2-8H,9H2,1H3. The zero-order chi connectivity index (χ0) is 13.8. The normalized spacial score (nSPS) is 10.0. The monoisotopic (exact) mass is 274 g/mol. The largest absolute Gasteiger partial charge is 0.342 e. The Morgan fingerprint density at radius 1 is 1.21 bits per heavy atom. The minimum atomic E-state index is -0.315. The van der Waals surface area contributed by atoms with Crippen molar-refractivity contribution >= 4 is 23.0 Å². The molecule has 0 radical (unpaired) electrons. The van der Waals surface area contributed by atoms with Crippen LogP contribution in [0.4, 0.5) is 15.8 Å². The first-order valence-electron chi connectivity index (χ1n) is 5.74. The average molecular weight is 275 g/mol. The summed E-state index contributed by atoms with van der Waals surface area (Å²) in [4.78, 5) is 1.73. The third-order valence-electron chi connectivity index (χ3n) is 2.93. The highest BCUT2D eigenvalue weighted by atomic mass is 35.5. The number of nitrogens with zero attached hydrogens (tertiary/aromatic N) is 2. The average Bonchev–Trinajstić information content (AvgIpc) is 2.46. The number of halogens is 2. The Morgan fingerprint density at radius 2 is 1.89 bits per heavy atom. The van der Waals surface area contributed by atoms with Crippen molar-refractivity contribution in [1.82, 2.24) is 0 Å². The quantitative estimate of drug-likeness (QED) is 0.784. The lowest BCUT2D eigenvalue weighted by Crippen LogP contribution is -2.13. The molecule has 19 heavy (non-hydrogen) atoms. The number of hydrogen-bond acceptors (Lipinski definition) is 2. The molecule has 0 aliphatic rings. The summed E-state index contributed by atoms with van der Waals surface area (Å²) in [6.07, 6.45) is 0. The van der Waals surface area contributed by atoms with Crippen LogP contribution in [0.2, 0.25) is 0 Å². The molecule has 96 valence electrons. The smallest absolute Gasteiger partial charge is 0.147 e. The van der Waals surface area contributed by atoms with Crippen LogP contribution >= 0.6 is 11.6 Å². The van der Waals surface area contributed by atoms with Gasteiger partial charge in [-0.2, -0.15) is 5.26 Å². The van der Waals surface area contributed by atoms with Crippen molar-refractivity contribution < 1.29 is 4.39 Å². The van der Waals surface area contributed by atoms with Crippen LogP contribution in [0.25, 0.3) is 0 Å². The summed E-state index contributed by atoms with van der Waals surface area (Å²) in [6, 6.07) is 13.9. The SMILES string of the molecule is CN(c1ccc(C#N)cc1)c1c(F)cccc1CCl. The number of rotatable bonds is 3. The van der Waals surface area contributed by atoms with Crippen LogP contribution in [0, 0.1) is 17.1 Å². The molecule has 0 saturated heterocycles. The van der Waals surface area contributed by atoms with Gasteiger partial charge in [-0.3, -0.25) is 0 Å². The van der Waals surface area contributed by atoms with Gasteiger partial charge in [0, 0.05) is 18.6 Å². The van der Waals surface area contributed by atoms with Crippen molar-refractivity contribution in [2.24, 2.45) is 0 Å². The van der Waals surface area contributed by atoms with Gasteiger partial charge in [-0.15, -0.1) is 11.6 Å². The maximum Gasteiger partial charge on any atom is 0.147 e. The first-order chi connectivity index (χ1) is 9.17. The maximum absolute atomic E-state index is 14.0. The fourth-order valence-corrected chi connectivity index (χ4v) is 2.15. The molecule has 2 rings (SSSR count). The van der Waals surface area contributed by atoms with E-state index in [1.165, 1.54) is 6.07 Å². The first-order valence-corrected chi connectivity index (χ1v) is 6.28. The van der Waals surface area contributed by atoms with Gasteiger partial charge in [-0.1, -0.05) is 12.1 Å². The van der Waals surface area contributed by atoms with Crippen LogP contribution < -0.4 is 4.90 Å². The highest BCUT2D eigenvalue weighted by Crippen LogP contribution is 2.30. The predicted octanol–water partition coefficient (Wildman–Crippen LogP) is 4.20. The minimum Gasteiger partial charge on any atom is -0.342 e. The maximum atomic E-state index is 14.0. The number of nitriles is 1. The lowest BCUT2D eigenvalue weighted by atomic mass is 10.1. The molecule has 0 bridgehead atoms. The van der Waals surface area contributed by atoms with Crippen molar-refractivity contribution in [3.05, 3.63) is 59.4 Å². The molecule has 0 heterocycles. The summed E-state index contributed by atoms with van der Waals surface area (Å²) < 4.78 is 14.0. The molecule has 0 amide bonds. The second-order valence-corrected chi connectivity index (χ2v) is 4.37. The van der Waals surface area contributed by atoms with Crippen LogP contribution in [0.15, 0.2) is 42.5 Å². The highest BCUT2D eigenvalue weighted by Gasteiger charge is 2.13. The Labute approximate surface area is 116 Å². The van der Waals surface area contributed by atoms with Gasteiger partial charge in [0.25, 0.3) is 0 Å². The third-order valence-corrected chi connectivity index (χ3v) is 3.22. The number of para-hydroxylation sites is 1. The van der Waals surface area contributed by atoms with Gasteiger partial charge in [-0.05, 0) is 35.9 Å². The summed E-state index contributed by atoms with van der Waals surface area (Å²) >= 11 is 5.85. The van der Waals surface area contributed by atoms with Gasteiger partial charge in [0.1, 0.15) is 5.82 Å². The van der Waals surface area contributed by atoms with Crippen LogP contribution in [0.3, 0.4) is 0 Å². The Balaban J connectivity index is 2.43. The molecule has 2 aromatic carbocycles. The van der Waals surface area contributed by atoms with Crippen LogP contribution in [0.5, 0.6) is 0 Å². The van der Waals surface area contributed by atoms with Gasteiger partial charge in [0.15, 0.2) is 0 Å². The van der Waals surface area contributed by atoms with Gasteiger partial charge < -0.3 is 4.90 Å². The lowest BCUT2D eigenvalue weighted by molar-refractivity contribution is 0.626. The summed E-state index contributed by atoms with van der Waals surface area (Å²) in [5.41, 5.74) is 2.56. The van der Waals surface area contributed by atoms with Crippen LogP contribution in [-0.4, -0.2) is 7.05 Å². The van der Waals surface area contributed by atoms with Crippen molar-refractivity contribution in [3.8, 4) is 6.07 Å². The summed E-state index contributed by atoms with van der Waals surface area (Å²) in [7, 11) is 1.77. The first kappa shape index (κ1) is 13.4. The van der Waals surface area contributed by atoms with E-state index in [-0.39, 0.29) is 11.7 Å². The number of alkyl halides is 1. The molecule has 0 aliphatic heterocycles. The van der Waals surface area contributed by atoms with E-state index in [2.05, 4.69) is 6.07 Å². The van der Waals surface area contributed by atoms with Gasteiger partial charge in [0.2, 0.25) is 0 Å². The van der Waals surface area contributed by atoms with Gasteiger partial charge in [0.05, 0.1) is 17.3 Å². The topological polar surface area (TPSA) is 27.0 Å². The Hall–Kier alpha value is -2.05. The predicted molar refractivity (Wildman–Crippen MR) is 75.2 cm³/mol. The molecular weight excluding hydrogens is 263 g/mol. The van der Waals surface area contributed by atoms with Gasteiger partial charge in [-0.25, -0.2) is 4.39 Å². The summed E-state index contributed by atoms with van der Waals surface area (Å²) in [5.74, 6) is -0.0710. The molecule has 2 aromatic rings. The number of hydrogen-bond donors (Lipinski definition) is 0. The van der Waals surface area contributed by atoms with E-state index in [1.807, 2.05) is 0 Å². The van der Waals surface area contributed by atoms with E-state index < -0.39 is 0 Å².